The Morgan fingerprint density at radius 3 is 2.65 bits per heavy atom. The first-order valence-electron chi connectivity index (χ1n) is 9.57. The van der Waals surface area contributed by atoms with Crippen LogP contribution in [0.5, 0.6) is 5.88 Å². The number of ether oxygens (including phenoxy) is 2. The van der Waals surface area contributed by atoms with E-state index in [0.717, 1.165) is 29.6 Å². The van der Waals surface area contributed by atoms with E-state index in [1.54, 1.807) is 23.2 Å². The van der Waals surface area contributed by atoms with Crippen molar-refractivity contribution in [1.82, 2.24) is 20.1 Å². The van der Waals surface area contributed by atoms with Crippen molar-refractivity contribution in [2.45, 2.75) is 12.3 Å². The zero-order valence-electron chi connectivity index (χ0n) is 16.3. The lowest BCUT2D eigenvalue weighted by molar-refractivity contribution is -0.137. The van der Waals surface area contributed by atoms with E-state index in [0.29, 0.717) is 25.3 Å². The number of alkyl halides is 3. The van der Waals surface area contributed by atoms with E-state index in [9.17, 15) is 18.0 Å². The Bertz CT molecular complexity index is 1010. The maximum Gasteiger partial charge on any atom is 0.417 e. The first-order chi connectivity index (χ1) is 14.9. The Balaban J connectivity index is 1.33. The summed E-state index contributed by atoms with van der Waals surface area (Å²) in [5.74, 6) is -0.0634. The summed E-state index contributed by atoms with van der Waals surface area (Å²) in [6.07, 6.45) is -2.48. The second kappa shape index (κ2) is 8.76. The van der Waals surface area contributed by atoms with Crippen LogP contribution in [0.15, 0.2) is 54.9 Å². The Labute approximate surface area is 175 Å². The lowest BCUT2D eigenvalue weighted by Gasteiger charge is -2.32. The number of hydrogen-bond acceptors (Lipinski definition) is 5. The van der Waals surface area contributed by atoms with E-state index in [2.05, 4.69) is 15.2 Å². The maximum atomic E-state index is 12.8. The van der Waals surface area contributed by atoms with Gasteiger partial charge in [-0.1, -0.05) is 12.1 Å². The molecular formula is C21H19F3N4O3. The van der Waals surface area contributed by atoms with E-state index >= 15 is 0 Å². The molecule has 0 saturated carbocycles. The number of nitrogens with zero attached hydrogens (tertiary/aromatic N) is 3. The summed E-state index contributed by atoms with van der Waals surface area (Å²) in [7, 11) is 0. The molecule has 1 N–H and O–H groups in total. The highest BCUT2D eigenvalue weighted by atomic mass is 19.4. The van der Waals surface area contributed by atoms with Crippen molar-refractivity contribution in [3.05, 3.63) is 66.0 Å². The van der Waals surface area contributed by atoms with Crippen LogP contribution < -0.4 is 4.74 Å². The quantitative estimate of drug-likeness (QED) is 0.669. The van der Waals surface area contributed by atoms with E-state index in [1.165, 1.54) is 0 Å². The number of halogens is 3. The van der Waals surface area contributed by atoms with Gasteiger partial charge in [0.05, 0.1) is 24.4 Å². The number of aromatic nitrogens is 3. The molecule has 1 unspecified atom stereocenters. The van der Waals surface area contributed by atoms with Gasteiger partial charge in [-0.3, -0.25) is 9.89 Å². The molecule has 0 bridgehead atoms. The lowest BCUT2D eigenvalue weighted by Crippen LogP contribution is -2.47. The van der Waals surface area contributed by atoms with Crippen molar-refractivity contribution in [3.63, 3.8) is 0 Å². The number of amides is 1. The zero-order chi connectivity index (χ0) is 21.8. The van der Waals surface area contributed by atoms with Crippen molar-refractivity contribution in [2.75, 3.05) is 26.3 Å². The number of carbonyl (C=O) groups excluding carboxylic acids is 1. The van der Waals surface area contributed by atoms with Gasteiger partial charge in [-0.15, -0.1) is 0 Å². The van der Waals surface area contributed by atoms with Crippen LogP contribution in [0.4, 0.5) is 13.2 Å². The number of aromatic amines is 1. The van der Waals surface area contributed by atoms with Gasteiger partial charge in [0.25, 0.3) is 5.91 Å². The highest BCUT2D eigenvalue weighted by Gasteiger charge is 2.31. The third-order valence-electron chi connectivity index (χ3n) is 4.85. The van der Waals surface area contributed by atoms with Gasteiger partial charge >= 0.3 is 6.18 Å². The van der Waals surface area contributed by atoms with Crippen molar-refractivity contribution in [3.8, 4) is 17.1 Å². The molecular weight excluding hydrogens is 413 g/mol. The minimum Gasteiger partial charge on any atom is -0.475 e. The van der Waals surface area contributed by atoms with Crippen molar-refractivity contribution >= 4 is 5.91 Å². The standard InChI is InChI=1S/C21H19F3N4O3/c22-21(23,24)16-5-6-19(25-11-16)31-13-17-12-28(9-10-30-17)20(29)15-3-1-14(2-4-15)18-7-8-26-27-18/h1-8,11,17H,9-10,12-13H2,(H,26,27). The summed E-state index contributed by atoms with van der Waals surface area (Å²) >= 11 is 0. The summed E-state index contributed by atoms with van der Waals surface area (Å²) in [5, 5.41) is 6.78. The number of benzene rings is 1. The van der Waals surface area contributed by atoms with E-state index < -0.39 is 17.8 Å². The average Bonchev–Trinajstić information content (AvgIpc) is 3.32. The van der Waals surface area contributed by atoms with Crippen molar-refractivity contribution < 1.29 is 27.4 Å². The van der Waals surface area contributed by atoms with E-state index in [4.69, 9.17) is 9.47 Å². The summed E-state index contributed by atoms with van der Waals surface area (Å²) in [4.78, 5) is 18.2. The van der Waals surface area contributed by atoms with Gasteiger partial charge in [0.1, 0.15) is 12.7 Å². The van der Waals surface area contributed by atoms with Gasteiger partial charge in [0, 0.05) is 30.6 Å². The zero-order valence-corrected chi connectivity index (χ0v) is 16.3. The normalized spacial score (nSPS) is 16.9. The van der Waals surface area contributed by atoms with Crippen LogP contribution in [0.2, 0.25) is 0 Å². The molecule has 0 aliphatic carbocycles. The minimum atomic E-state index is -4.45. The molecule has 7 nitrogen and oxygen atoms in total. The molecule has 1 fully saturated rings. The second-order valence-corrected chi connectivity index (χ2v) is 6.99. The molecule has 4 rings (SSSR count). The fourth-order valence-corrected chi connectivity index (χ4v) is 3.21. The molecule has 1 aliphatic heterocycles. The van der Waals surface area contributed by atoms with Gasteiger partial charge in [-0.2, -0.15) is 18.3 Å². The number of nitrogens with one attached hydrogen (secondary N) is 1. The molecule has 1 aromatic carbocycles. The molecule has 10 heteroatoms. The van der Waals surface area contributed by atoms with E-state index in [1.807, 2.05) is 18.2 Å². The Morgan fingerprint density at radius 2 is 2.00 bits per heavy atom. The number of carbonyl (C=O) groups is 1. The molecule has 3 aromatic rings. The minimum absolute atomic E-state index is 0.0643. The molecule has 1 aliphatic rings. The average molecular weight is 432 g/mol. The van der Waals surface area contributed by atoms with Crippen molar-refractivity contribution in [2.24, 2.45) is 0 Å². The first-order valence-corrected chi connectivity index (χ1v) is 9.57. The van der Waals surface area contributed by atoms with Crippen LogP contribution in [-0.2, 0) is 10.9 Å². The smallest absolute Gasteiger partial charge is 0.417 e. The molecule has 1 saturated heterocycles. The summed E-state index contributed by atoms with van der Waals surface area (Å²) < 4.78 is 48.9. The molecule has 162 valence electrons. The topological polar surface area (TPSA) is 80.3 Å². The highest BCUT2D eigenvalue weighted by Crippen LogP contribution is 2.29. The fourth-order valence-electron chi connectivity index (χ4n) is 3.21. The number of H-pyrrole nitrogens is 1. The van der Waals surface area contributed by atoms with Crippen LogP contribution in [-0.4, -0.2) is 58.4 Å². The second-order valence-electron chi connectivity index (χ2n) is 6.99. The lowest BCUT2D eigenvalue weighted by atomic mass is 10.1. The Hall–Kier alpha value is -3.40. The molecule has 3 heterocycles. The fraction of sp³-hybridized carbons (Fsp3) is 0.286. The van der Waals surface area contributed by atoms with Crippen LogP contribution >= 0.6 is 0 Å². The monoisotopic (exact) mass is 432 g/mol. The predicted octanol–water partition coefficient (Wildman–Crippen LogP) is 3.41. The molecule has 0 radical (unpaired) electrons. The number of morpholine rings is 1. The van der Waals surface area contributed by atoms with Crippen LogP contribution in [0.1, 0.15) is 15.9 Å². The van der Waals surface area contributed by atoms with E-state index in [-0.39, 0.29) is 18.4 Å². The predicted molar refractivity (Wildman–Crippen MR) is 104 cm³/mol. The van der Waals surface area contributed by atoms with Crippen LogP contribution in [0, 0.1) is 0 Å². The molecule has 31 heavy (non-hydrogen) atoms. The summed E-state index contributed by atoms with van der Waals surface area (Å²) in [6.45, 7) is 1.16. The maximum absolute atomic E-state index is 12.8. The largest absolute Gasteiger partial charge is 0.475 e. The van der Waals surface area contributed by atoms with Gasteiger partial charge in [-0.25, -0.2) is 4.98 Å². The number of hydrogen-bond donors (Lipinski definition) is 1. The third-order valence-corrected chi connectivity index (χ3v) is 4.85. The number of pyridine rings is 1. The first kappa shape index (κ1) is 20.9. The Kier molecular flexibility index (Phi) is 5.90. The summed E-state index contributed by atoms with van der Waals surface area (Å²) in [5.41, 5.74) is 1.49. The third kappa shape index (κ3) is 5.02. The Morgan fingerprint density at radius 1 is 1.19 bits per heavy atom. The SMILES string of the molecule is O=C(c1ccc(-c2ccn[nH]2)cc1)N1CCOC(COc2ccc(C(F)(F)F)cn2)C1. The molecule has 1 atom stereocenters. The highest BCUT2D eigenvalue weighted by molar-refractivity contribution is 5.94. The number of rotatable bonds is 5. The van der Waals surface area contributed by atoms with Gasteiger partial charge in [0.2, 0.25) is 5.88 Å². The van der Waals surface area contributed by atoms with Gasteiger partial charge < -0.3 is 14.4 Å². The summed E-state index contributed by atoms with van der Waals surface area (Å²) in [6, 6.07) is 11.1. The van der Waals surface area contributed by atoms with Gasteiger partial charge in [0.15, 0.2) is 0 Å². The van der Waals surface area contributed by atoms with Gasteiger partial charge in [-0.05, 0) is 29.8 Å². The van der Waals surface area contributed by atoms with Crippen LogP contribution in [0.25, 0.3) is 11.3 Å². The van der Waals surface area contributed by atoms with Crippen LogP contribution in [0.3, 0.4) is 0 Å². The molecule has 2 aromatic heterocycles. The molecule has 0 spiro atoms. The van der Waals surface area contributed by atoms with Crippen molar-refractivity contribution in [1.29, 1.82) is 0 Å². The molecule has 1 amide bonds.